The first kappa shape index (κ1) is 14.5. The van der Waals surface area contributed by atoms with Gasteiger partial charge in [0.1, 0.15) is 0 Å². The smallest absolute Gasteiger partial charge is 0.213 e. The van der Waals surface area contributed by atoms with Gasteiger partial charge in [0.2, 0.25) is 10.0 Å². The van der Waals surface area contributed by atoms with Crippen molar-refractivity contribution < 1.29 is 8.42 Å². The monoisotopic (exact) mass is 307 g/mol. The summed E-state index contributed by atoms with van der Waals surface area (Å²) >= 11 is 0. The first-order valence-corrected chi connectivity index (χ1v) is 9.19. The number of hydrogen-bond donors (Lipinski definition) is 1. The number of nitrogens with zero attached hydrogens (tertiary/aromatic N) is 2. The maximum Gasteiger partial charge on any atom is 0.213 e. The van der Waals surface area contributed by atoms with Crippen molar-refractivity contribution in [3.8, 4) is 0 Å². The lowest BCUT2D eigenvalue weighted by Crippen LogP contribution is -2.38. The predicted molar refractivity (Wildman–Crippen MR) is 83.5 cm³/mol. The van der Waals surface area contributed by atoms with E-state index in [-0.39, 0.29) is 11.8 Å². The van der Waals surface area contributed by atoms with E-state index < -0.39 is 10.0 Å². The normalized spacial score (nSPS) is 17.3. The van der Waals surface area contributed by atoms with E-state index in [1.54, 1.807) is 6.33 Å². The molecule has 0 radical (unpaired) electrons. The first-order chi connectivity index (χ1) is 10.1. The molecule has 1 aliphatic carbocycles. The Kier molecular flexibility index (Phi) is 4.26. The van der Waals surface area contributed by atoms with Crippen molar-refractivity contribution in [3.05, 3.63) is 30.6 Å². The molecule has 1 aliphatic rings. The van der Waals surface area contributed by atoms with Gasteiger partial charge in [-0.25, -0.2) is 18.1 Å². The zero-order valence-corrected chi connectivity index (χ0v) is 12.8. The third kappa shape index (κ3) is 3.63. The highest BCUT2D eigenvalue weighted by atomic mass is 32.2. The molecule has 0 amide bonds. The van der Waals surface area contributed by atoms with Crippen LogP contribution in [0.1, 0.15) is 32.1 Å². The summed E-state index contributed by atoms with van der Waals surface area (Å²) in [4.78, 5) is 4.28. The number of rotatable bonds is 5. The summed E-state index contributed by atoms with van der Waals surface area (Å²) < 4.78 is 29.1. The molecule has 1 aromatic carbocycles. The molecule has 0 spiro atoms. The second-order valence-electron chi connectivity index (χ2n) is 5.70. The fourth-order valence-corrected chi connectivity index (χ4v) is 4.24. The highest BCUT2D eigenvalue weighted by molar-refractivity contribution is 7.89. The van der Waals surface area contributed by atoms with Gasteiger partial charge in [0, 0.05) is 12.6 Å². The number of sulfonamides is 1. The predicted octanol–water partition coefficient (Wildman–Crippen LogP) is 2.29. The number of benzene rings is 1. The fraction of sp³-hybridized carbons (Fsp3) is 0.533. The Balaban J connectivity index is 1.63. The maximum atomic E-state index is 12.2. The van der Waals surface area contributed by atoms with Gasteiger partial charge in [0.05, 0.1) is 23.1 Å². The Labute approximate surface area is 125 Å². The molecule has 0 bridgehead atoms. The summed E-state index contributed by atoms with van der Waals surface area (Å²) in [6.45, 7) is 0.433. The Bertz CT molecular complexity index is 703. The van der Waals surface area contributed by atoms with Crippen molar-refractivity contribution in [3.63, 3.8) is 0 Å². The van der Waals surface area contributed by atoms with Crippen LogP contribution in [0.25, 0.3) is 11.0 Å². The molecule has 3 rings (SSSR count). The van der Waals surface area contributed by atoms with Gasteiger partial charge >= 0.3 is 0 Å². The Morgan fingerprint density at radius 1 is 1.19 bits per heavy atom. The largest absolute Gasteiger partial charge is 0.330 e. The molecule has 0 aliphatic heterocycles. The molecule has 1 heterocycles. The number of aryl methyl sites for hydroxylation is 1. The van der Waals surface area contributed by atoms with Crippen molar-refractivity contribution in [2.45, 2.75) is 44.7 Å². The minimum atomic E-state index is -3.22. The van der Waals surface area contributed by atoms with Gasteiger partial charge in [-0.15, -0.1) is 0 Å². The summed E-state index contributed by atoms with van der Waals surface area (Å²) in [6.07, 6.45) is 7.11. The topological polar surface area (TPSA) is 64.0 Å². The molecular weight excluding hydrogens is 286 g/mol. The lowest BCUT2D eigenvalue weighted by atomic mass is 9.96. The van der Waals surface area contributed by atoms with Gasteiger partial charge in [-0.2, -0.15) is 0 Å². The van der Waals surface area contributed by atoms with Crippen LogP contribution < -0.4 is 4.72 Å². The summed E-state index contributed by atoms with van der Waals surface area (Å²) in [5.41, 5.74) is 1.88. The van der Waals surface area contributed by atoms with E-state index in [1.807, 2.05) is 28.8 Å². The molecule has 21 heavy (non-hydrogen) atoms. The molecule has 0 saturated heterocycles. The number of imidazole rings is 1. The van der Waals surface area contributed by atoms with E-state index in [2.05, 4.69) is 9.71 Å². The van der Waals surface area contributed by atoms with Gasteiger partial charge in [0.15, 0.2) is 0 Å². The van der Waals surface area contributed by atoms with Crippen molar-refractivity contribution >= 4 is 21.1 Å². The van der Waals surface area contributed by atoms with Crippen molar-refractivity contribution in [2.75, 3.05) is 5.75 Å². The van der Waals surface area contributed by atoms with Crippen LogP contribution in [0.2, 0.25) is 0 Å². The van der Waals surface area contributed by atoms with E-state index in [9.17, 15) is 8.42 Å². The van der Waals surface area contributed by atoms with Crippen LogP contribution in [-0.4, -0.2) is 29.8 Å². The fourth-order valence-electron chi connectivity index (χ4n) is 2.94. The number of aromatic nitrogens is 2. The SMILES string of the molecule is O=S(=O)(CCn1cnc2ccccc21)NC1CCCCC1. The molecule has 1 fully saturated rings. The maximum absolute atomic E-state index is 12.2. The Morgan fingerprint density at radius 2 is 1.95 bits per heavy atom. The van der Waals surface area contributed by atoms with Crippen LogP contribution in [-0.2, 0) is 16.6 Å². The van der Waals surface area contributed by atoms with E-state index >= 15 is 0 Å². The van der Waals surface area contributed by atoms with Crippen LogP contribution in [0, 0.1) is 0 Å². The molecule has 114 valence electrons. The summed E-state index contributed by atoms with van der Waals surface area (Å²) in [6, 6.07) is 7.89. The molecular formula is C15H21N3O2S. The summed E-state index contributed by atoms with van der Waals surface area (Å²) in [5, 5.41) is 0. The highest BCUT2D eigenvalue weighted by Gasteiger charge is 2.20. The van der Waals surface area contributed by atoms with Gasteiger partial charge in [-0.05, 0) is 25.0 Å². The zero-order valence-electron chi connectivity index (χ0n) is 12.0. The number of nitrogens with one attached hydrogen (secondary N) is 1. The average molecular weight is 307 g/mol. The first-order valence-electron chi connectivity index (χ1n) is 7.54. The molecule has 0 atom stereocenters. The quantitative estimate of drug-likeness (QED) is 0.922. The van der Waals surface area contributed by atoms with E-state index in [0.717, 1.165) is 36.7 Å². The molecule has 1 N–H and O–H groups in total. The average Bonchev–Trinajstić information content (AvgIpc) is 2.89. The minimum absolute atomic E-state index is 0.101. The minimum Gasteiger partial charge on any atom is -0.330 e. The van der Waals surface area contributed by atoms with Crippen molar-refractivity contribution in [1.29, 1.82) is 0 Å². The van der Waals surface area contributed by atoms with Crippen LogP contribution in [0.5, 0.6) is 0 Å². The second-order valence-corrected chi connectivity index (χ2v) is 7.57. The van der Waals surface area contributed by atoms with Crippen molar-refractivity contribution in [1.82, 2.24) is 14.3 Å². The van der Waals surface area contributed by atoms with Gasteiger partial charge in [0.25, 0.3) is 0 Å². The van der Waals surface area contributed by atoms with Crippen LogP contribution in [0.3, 0.4) is 0 Å². The highest BCUT2D eigenvalue weighted by Crippen LogP contribution is 2.18. The Hall–Kier alpha value is -1.40. The van der Waals surface area contributed by atoms with Crippen LogP contribution >= 0.6 is 0 Å². The standard InChI is InChI=1S/C15H21N3O2S/c19-21(20,17-13-6-2-1-3-7-13)11-10-18-12-16-14-8-4-5-9-15(14)18/h4-5,8-9,12-13,17H,1-3,6-7,10-11H2. The zero-order chi connectivity index (χ0) is 14.7. The van der Waals surface area contributed by atoms with E-state index in [4.69, 9.17) is 0 Å². The summed E-state index contributed by atoms with van der Waals surface area (Å²) in [5.74, 6) is 0.101. The van der Waals surface area contributed by atoms with E-state index in [1.165, 1.54) is 6.42 Å². The molecule has 2 aromatic rings. The van der Waals surface area contributed by atoms with Gasteiger partial charge in [-0.3, -0.25) is 0 Å². The van der Waals surface area contributed by atoms with Gasteiger partial charge in [-0.1, -0.05) is 31.4 Å². The molecule has 0 unspecified atom stereocenters. The summed E-state index contributed by atoms with van der Waals surface area (Å²) in [7, 11) is -3.22. The number of hydrogen-bond acceptors (Lipinski definition) is 3. The van der Waals surface area contributed by atoms with E-state index in [0.29, 0.717) is 6.54 Å². The lowest BCUT2D eigenvalue weighted by Gasteiger charge is -2.22. The number of fused-ring (bicyclic) bond motifs is 1. The molecule has 1 saturated carbocycles. The molecule has 6 heteroatoms. The van der Waals surface area contributed by atoms with Crippen LogP contribution in [0.4, 0.5) is 0 Å². The molecule has 1 aromatic heterocycles. The third-order valence-corrected chi connectivity index (χ3v) is 5.49. The molecule has 5 nitrogen and oxygen atoms in total. The number of para-hydroxylation sites is 2. The second kappa shape index (κ2) is 6.15. The van der Waals surface area contributed by atoms with Crippen LogP contribution in [0.15, 0.2) is 30.6 Å². The Morgan fingerprint density at radius 3 is 2.76 bits per heavy atom. The van der Waals surface area contributed by atoms with Crippen molar-refractivity contribution in [2.24, 2.45) is 0 Å². The lowest BCUT2D eigenvalue weighted by molar-refractivity contribution is 0.411. The van der Waals surface area contributed by atoms with Gasteiger partial charge < -0.3 is 4.57 Å². The third-order valence-electron chi connectivity index (χ3n) is 4.08.